The first-order chi connectivity index (χ1) is 14.4. The fraction of sp³-hybridized carbons (Fsp3) is 0.217. The third-order valence-electron chi connectivity index (χ3n) is 3.98. The summed E-state index contributed by atoms with van der Waals surface area (Å²) in [6.45, 7) is 4.13. The molecule has 0 aliphatic rings. The number of ether oxygens (including phenoxy) is 1. The second-order valence-electron chi connectivity index (χ2n) is 6.20. The first kappa shape index (κ1) is 29.3. The molecule has 3 aromatic carbocycles. The van der Waals surface area contributed by atoms with E-state index in [0.29, 0.717) is 12.1 Å². The van der Waals surface area contributed by atoms with E-state index in [1.54, 1.807) is 0 Å². The minimum Gasteiger partial charge on any atom is -0.497 e. The maximum absolute atomic E-state index is 12.7. The molecule has 0 aliphatic carbocycles. The lowest BCUT2D eigenvalue weighted by Gasteiger charge is -2.02. The standard InChI is InChI=1S/C8H8F2O.C7H5ClF2.C7H5F3.CH4/c1-5-7(9)3-6(11-2)4-8(5)10;1-4-6(8)2-5(9)3-7(4)10;1-4-6(9)2-5(8)3-7(4)10;/h3-4H,1-2H3;2*2-3H,1H3;1H4. The van der Waals surface area contributed by atoms with Crippen molar-refractivity contribution < 1.29 is 35.5 Å². The van der Waals surface area contributed by atoms with Crippen LogP contribution < -0.4 is 4.74 Å². The molecular weight excluding hydrogens is 461 g/mol. The molecule has 0 heterocycles. The van der Waals surface area contributed by atoms with Gasteiger partial charge in [-0.2, -0.15) is 0 Å². The van der Waals surface area contributed by atoms with Crippen LogP contribution in [0.3, 0.4) is 0 Å². The van der Waals surface area contributed by atoms with Gasteiger partial charge in [-0.25, -0.2) is 30.7 Å². The molecule has 0 unspecified atom stereocenters. The highest BCUT2D eigenvalue weighted by molar-refractivity contribution is 6.31. The van der Waals surface area contributed by atoms with E-state index < -0.39 is 40.7 Å². The summed E-state index contributed by atoms with van der Waals surface area (Å²) in [6.07, 6.45) is 0. The van der Waals surface area contributed by atoms with E-state index in [1.165, 1.54) is 27.9 Å². The molecule has 0 atom stereocenters. The molecule has 32 heavy (non-hydrogen) atoms. The van der Waals surface area contributed by atoms with Gasteiger partial charge in [0.25, 0.3) is 0 Å². The van der Waals surface area contributed by atoms with Gasteiger partial charge in [-0.1, -0.05) is 19.0 Å². The van der Waals surface area contributed by atoms with E-state index >= 15 is 0 Å². The van der Waals surface area contributed by atoms with Crippen molar-refractivity contribution in [2.24, 2.45) is 0 Å². The maximum Gasteiger partial charge on any atom is 0.132 e. The SMILES string of the molecule is C.COc1cc(F)c(C)c(F)c1.Cc1c(F)cc(F)cc1Cl.Cc1c(F)cc(F)cc1F. The molecular formula is C23H22ClF7O. The Labute approximate surface area is 187 Å². The van der Waals surface area contributed by atoms with Crippen molar-refractivity contribution in [1.82, 2.24) is 0 Å². The van der Waals surface area contributed by atoms with Crippen LogP contribution in [0.4, 0.5) is 30.7 Å². The summed E-state index contributed by atoms with van der Waals surface area (Å²) in [5.74, 6) is -4.80. The molecule has 3 aromatic rings. The van der Waals surface area contributed by atoms with E-state index in [-0.39, 0.29) is 34.9 Å². The first-order valence-electron chi connectivity index (χ1n) is 8.59. The minimum atomic E-state index is -0.888. The molecule has 0 fully saturated rings. The van der Waals surface area contributed by atoms with E-state index in [0.717, 1.165) is 24.3 Å². The van der Waals surface area contributed by atoms with Crippen LogP contribution in [0.15, 0.2) is 36.4 Å². The first-order valence-corrected chi connectivity index (χ1v) is 8.97. The smallest absolute Gasteiger partial charge is 0.132 e. The van der Waals surface area contributed by atoms with Gasteiger partial charge in [0.15, 0.2) is 0 Å². The number of hydrogen-bond donors (Lipinski definition) is 0. The largest absolute Gasteiger partial charge is 0.497 e. The number of rotatable bonds is 1. The molecule has 0 saturated carbocycles. The van der Waals surface area contributed by atoms with Crippen molar-refractivity contribution in [3.63, 3.8) is 0 Å². The highest BCUT2D eigenvalue weighted by atomic mass is 35.5. The fourth-order valence-electron chi connectivity index (χ4n) is 1.97. The van der Waals surface area contributed by atoms with Crippen molar-refractivity contribution in [2.45, 2.75) is 28.2 Å². The number of methoxy groups -OCH3 is 1. The Morgan fingerprint density at radius 3 is 1.22 bits per heavy atom. The molecule has 0 spiro atoms. The van der Waals surface area contributed by atoms with E-state index in [9.17, 15) is 30.7 Å². The third-order valence-corrected chi connectivity index (χ3v) is 4.37. The topological polar surface area (TPSA) is 9.23 Å². The summed E-state index contributed by atoms with van der Waals surface area (Å²) in [7, 11) is 1.36. The van der Waals surface area contributed by atoms with Crippen molar-refractivity contribution in [1.29, 1.82) is 0 Å². The molecule has 1 nitrogen and oxygen atoms in total. The zero-order chi connectivity index (χ0) is 23.9. The van der Waals surface area contributed by atoms with Crippen LogP contribution >= 0.6 is 11.6 Å². The Kier molecular flexibility index (Phi) is 11.8. The maximum atomic E-state index is 12.7. The second-order valence-corrected chi connectivity index (χ2v) is 6.61. The molecule has 9 heteroatoms. The Balaban J connectivity index is 0.000000444. The lowest BCUT2D eigenvalue weighted by molar-refractivity contribution is 0.406. The van der Waals surface area contributed by atoms with Gasteiger partial charge in [0.05, 0.1) is 7.11 Å². The van der Waals surface area contributed by atoms with Gasteiger partial charge in [-0.15, -0.1) is 0 Å². The summed E-state index contributed by atoms with van der Waals surface area (Å²) in [5.41, 5.74) is 0.148. The Hall–Kier alpha value is -2.74. The van der Waals surface area contributed by atoms with Crippen LogP contribution in [-0.2, 0) is 0 Å². The van der Waals surface area contributed by atoms with Gasteiger partial charge in [0.2, 0.25) is 0 Å². The molecule has 0 aliphatic heterocycles. The monoisotopic (exact) mass is 482 g/mol. The average molecular weight is 483 g/mol. The second kappa shape index (κ2) is 13.0. The molecule has 0 N–H and O–H groups in total. The Morgan fingerprint density at radius 2 is 0.875 bits per heavy atom. The van der Waals surface area contributed by atoms with Crippen LogP contribution in [-0.4, -0.2) is 7.11 Å². The van der Waals surface area contributed by atoms with E-state index in [1.807, 2.05) is 0 Å². The molecule has 3 rings (SSSR count). The van der Waals surface area contributed by atoms with Gasteiger partial charge in [0.1, 0.15) is 46.5 Å². The summed E-state index contributed by atoms with van der Waals surface area (Å²) in [6, 6.07) is 5.49. The lowest BCUT2D eigenvalue weighted by Crippen LogP contribution is -1.91. The number of hydrogen-bond acceptors (Lipinski definition) is 1. The van der Waals surface area contributed by atoms with Gasteiger partial charge >= 0.3 is 0 Å². The molecule has 0 bridgehead atoms. The van der Waals surface area contributed by atoms with E-state index in [2.05, 4.69) is 4.74 Å². The van der Waals surface area contributed by atoms with Gasteiger partial charge < -0.3 is 4.74 Å². The summed E-state index contributed by atoms with van der Waals surface area (Å²) in [5, 5.41) is 0.123. The minimum absolute atomic E-state index is 0. The van der Waals surface area contributed by atoms with Crippen molar-refractivity contribution in [3.8, 4) is 5.75 Å². The van der Waals surface area contributed by atoms with Crippen molar-refractivity contribution >= 4 is 11.6 Å². The predicted molar refractivity (Wildman–Crippen MR) is 112 cm³/mol. The summed E-state index contributed by atoms with van der Waals surface area (Å²) in [4.78, 5) is 0. The molecule has 0 saturated heterocycles. The number of benzene rings is 3. The predicted octanol–water partition coefficient (Wildman–Crippen LogP) is 8.26. The van der Waals surface area contributed by atoms with Gasteiger partial charge in [-0.3, -0.25) is 0 Å². The lowest BCUT2D eigenvalue weighted by atomic mass is 10.2. The zero-order valence-electron chi connectivity index (χ0n) is 16.9. The van der Waals surface area contributed by atoms with Crippen LogP contribution in [0.25, 0.3) is 0 Å². The van der Waals surface area contributed by atoms with Gasteiger partial charge in [-0.05, 0) is 26.8 Å². The highest BCUT2D eigenvalue weighted by Gasteiger charge is 2.06. The fourth-order valence-corrected chi connectivity index (χ4v) is 2.16. The third kappa shape index (κ3) is 8.42. The molecule has 0 radical (unpaired) electrons. The summed E-state index contributed by atoms with van der Waals surface area (Å²) >= 11 is 5.44. The van der Waals surface area contributed by atoms with Crippen LogP contribution in [0.1, 0.15) is 24.1 Å². The molecule has 0 aromatic heterocycles. The normalized spacial score (nSPS) is 9.62. The van der Waals surface area contributed by atoms with E-state index in [4.69, 9.17) is 11.6 Å². The van der Waals surface area contributed by atoms with Crippen LogP contribution in [0, 0.1) is 61.5 Å². The highest BCUT2D eigenvalue weighted by Crippen LogP contribution is 2.20. The van der Waals surface area contributed by atoms with Gasteiger partial charge in [0, 0.05) is 52.0 Å². The molecule has 0 amide bonds. The Morgan fingerprint density at radius 1 is 0.562 bits per heavy atom. The quantitative estimate of drug-likeness (QED) is 0.317. The molecule has 176 valence electrons. The Bertz CT molecular complexity index is 930. The van der Waals surface area contributed by atoms with Crippen molar-refractivity contribution in [2.75, 3.05) is 7.11 Å². The van der Waals surface area contributed by atoms with Crippen molar-refractivity contribution in [3.05, 3.63) is 98.8 Å². The average Bonchev–Trinajstić information content (AvgIpc) is 2.68. The zero-order valence-corrected chi connectivity index (χ0v) is 17.7. The summed E-state index contributed by atoms with van der Waals surface area (Å²) < 4.78 is 91.7. The van der Waals surface area contributed by atoms with Crippen LogP contribution in [0.2, 0.25) is 5.02 Å². The van der Waals surface area contributed by atoms with Crippen LogP contribution in [0.5, 0.6) is 5.75 Å². The number of halogens is 8.